The van der Waals surface area contributed by atoms with E-state index in [0.29, 0.717) is 0 Å². The second kappa shape index (κ2) is 7.89. The fourth-order valence-electron chi connectivity index (χ4n) is 2.22. The van der Waals surface area contributed by atoms with Gasteiger partial charge in [-0.3, -0.25) is 0 Å². The highest BCUT2D eigenvalue weighted by atomic mass is 16.5. The third kappa shape index (κ3) is 5.95. The van der Waals surface area contributed by atoms with E-state index in [2.05, 4.69) is 18.8 Å². The minimum Gasteiger partial charge on any atom is -0.380 e. The molecule has 88 valence electrons. The average Bonchev–Trinajstić information content (AvgIpc) is 2.23. The van der Waals surface area contributed by atoms with Gasteiger partial charge in [-0.2, -0.15) is 0 Å². The minimum absolute atomic E-state index is 0.733. The zero-order valence-corrected chi connectivity index (χ0v) is 10.0. The first-order valence-corrected chi connectivity index (χ1v) is 6.25. The van der Waals surface area contributed by atoms with Crippen LogP contribution in [0, 0.1) is 5.92 Å². The lowest BCUT2D eigenvalue weighted by Gasteiger charge is -2.27. The lowest BCUT2D eigenvalue weighted by Crippen LogP contribution is -2.35. The third-order valence-electron chi connectivity index (χ3n) is 3.08. The van der Waals surface area contributed by atoms with Crippen LogP contribution in [0.3, 0.4) is 0 Å². The predicted octanol–water partition coefficient (Wildman–Crippen LogP) is 2.75. The molecule has 1 rings (SSSR count). The molecule has 1 fully saturated rings. The van der Waals surface area contributed by atoms with Crippen LogP contribution in [-0.4, -0.2) is 25.8 Å². The summed E-state index contributed by atoms with van der Waals surface area (Å²) in [7, 11) is 0. The van der Waals surface area contributed by atoms with Gasteiger partial charge in [0.1, 0.15) is 0 Å². The van der Waals surface area contributed by atoms with Crippen LogP contribution in [0.25, 0.3) is 0 Å². The summed E-state index contributed by atoms with van der Waals surface area (Å²) in [5.74, 6) is 0.901. The molecule has 2 unspecified atom stereocenters. The Labute approximate surface area is 94.1 Å². The van der Waals surface area contributed by atoms with E-state index in [-0.39, 0.29) is 0 Å². The summed E-state index contributed by atoms with van der Waals surface area (Å²) >= 11 is 0. The van der Waals surface area contributed by atoms with Crippen LogP contribution in [-0.2, 0) is 4.74 Å². The monoisotopic (exact) mass is 211 g/mol. The van der Waals surface area contributed by atoms with Gasteiger partial charge in [-0.1, -0.05) is 25.8 Å². The number of hydrogen-bond donors (Lipinski definition) is 1. The van der Waals surface area contributed by atoms with E-state index in [1.807, 2.05) is 6.08 Å². The van der Waals surface area contributed by atoms with Crippen molar-refractivity contribution in [3.05, 3.63) is 12.7 Å². The van der Waals surface area contributed by atoms with Crippen LogP contribution in [0.4, 0.5) is 0 Å². The smallest absolute Gasteiger partial charge is 0.0591 e. The molecular formula is C13H25NO. The number of rotatable bonds is 7. The van der Waals surface area contributed by atoms with Gasteiger partial charge in [-0.05, 0) is 25.2 Å². The molecule has 1 aliphatic carbocycles. The normalized spacial score (nSPS) is 26.5. The second-order valence-corrected chi connectivity index (χ2v) is 4.61. The Morgan fingerprint density at radius 1 is 1.40 bits per heavy atom. The highest BCUT2D eigenvalue weighted by molar-refractivity contribution is 4.75. The summed E-state index contributed by atoms with van der Waals surface area (Å²) in [6, 6.07) is 0.733. The van der Waals surface area contributed by atoms with Crippen molar-refractivity contribution in [3.63, 3.8) is 0 Å². The van der Waals surface area contributed by atoms with E-state index in [0.717, 1.165) is 38.1 Å². The van der Waals surface area contributed by atoms with Gasteiger partial charge in [0.15, 0.2) is 0 Å². The molecule has 0 aromatic rings. The standard InChI is InChI=1S/C13H25NO/c1-3-4-9-15-10-8-14-13-7-5-6-12(2)11-13/h3,12-14H,1,4-11H2,2H3. The first kappa shape index (κ1) is 12.7. The SMILES string of the molecule is C=CCCOCCNC1CCCC(C)C1. The van der Waals surface area contributed by atoms with Gasteiger partial charge in [-0.15, -0.1) is 6.58 Å². The van der Waals surface area contributed by atoms with Gasteiger partial charge in [0.2, 0.25) is 0 Å². The van der Waals surface area contributed by atoms with Crippen LogP contribution in [0.2, 0.25) is 0 Å². The molecule has 0 amide bonds. The van der Waals surface area contributed by atoms with Crippen molar-refractivity contribution in [1.82, 2.24) is 5.32 Å². The molecule has 0 aromatic heterocycles. The molecule has 0 aliphatic heterocycles. The van der Waals surface area contributed by atoms with Gasteiger partial charge in [-0.25, -0.2) is 0 Å². The molecule has 2 nitrogen and oxygen atoms in total. The topological polar surface area (TPSA) is 21.3 Å². The molecule has 0 spiro atoms. The molecule has 0 heterocycles. The molecule has 0 radical (unpaired) electrons. The maximum absolute atomic E-state index is 5.46. The lowest BCUT2D eigenvalue weighted by molar-refractivity contribution is 0.135. The van der Waals surface area contributed by atoms with Crippen molar-refractivity contribution in [2.24, 2.45) is 5.92 Å². The molecule has 1 aliphatic rings. The van der Waals surface area contributed by atoms with Crippen molar-refractivity contribution in [2.75, 3.05) is 19.8 Å². The van der Waals surface area contributed by atoms with Crippen LogP contribution in [0.1, 0.15) is 39.0 Å². The maximum Gasteiger partial charge on any atom is 0.0591 e. The average molecular weight is 211 g/mol. The minimum atomic E-state index is 0.733. The second-order valence-electron chi connectivity index (χ2n) is 4.61. The molecule has 0 aromatic carbocycles. The summed E-state index contributed by atoms with van der Waals surface area (Å²) in [5.41, 5.74) is 0. The first-order valence-electron chi connectivity index (χ1n) is 6.25. The molecule has 1 N–H and O–H groups in total. The van der Waals surface area contributed by atoms with Crippen LogP contribution >= 0.6 is 0 Å². The van der Waals surface area contributed by atoms with Crippen LogP contribution < -0.4 is 5.32 Å². The van der Waals surface area contributed by atoms with E-state index in [1.54, 1.807) is 0 Å². The fourth-order valence-corrected chi connectivity index (χ4v) is 2.22. The maximum atomic E-state index is 5.46. The first-order chi connectivity index (χ1) is 7.33. The van der Waals surface area contributed by atoms with E-state index >= 15 is 0 Å². The zero-order chi connectivity index (χ0) is 10.9. The Morgan fingerprint density at radius 3 is 3.00 bits per heavy atom. The Kier molecular flexibility index (Phi) is 6.69. The summed E-state index contributed by atoms with van der Waals surface area (Å²) in [6.45, 7) is 8.66. The van der Waals surface area contributed by atoms with E-state index < -0.39 is 0 Å². The molecule has 0 saturated heterocycles. The summed E-state index contributed by atoms with van der Waals surface area (Å²) in [6.07, 6.45) is 8.34. The lowest BCUT2D eigenvalue weighted by atomic mass is 9.87. The fraction of sp³-hybridized carbons (Fsp3) is 0.846. The number of nitrogens with one attached hydrogen (secondary N) is 1. The Hall–Kier alpha value is -0.340. The van der Waals surface area contributed by atoms with Crippen molar-refractivity contribution in [2.45, 2.75) is 45.1 Å². The Bertz CT molecular complexity index is 170. The van der Waals surface area contributed by atoms with Gasteiger partial charge in [0.05, 0.1) is 13.2 Å². The Balaban J connectivity index is 1.92. The molecule has 15 heavy (non-hydrogen) atoms. The molecular weight excluding hydrogens is 186 g/mol. The van der Waals surface area contributed by atoms with E-state index in [4.69, 9.17) is 4.74 Å². The highest BCUT2D eigenvalue weighted by Crippen LogP contribution is 2.23. The number of ether oxygens (including phenoxy) is 1. The van der Waals surface area contributed by atoms with Crippen LogP contribution in [0.15, 0.2) is 12.7 Å². The van der Waals surface area contributed by atoms with Gasteiger partial charge in [0, 0.05) is 12.6 Å². The quantitative estimate of drug-likeness (QED) is 0.516. The van der Waals surface area contributed by atoms with Crippen molar-refractivity contribution < 1.29 is 4.74 Å². The van der Waals surface area contributed by atoms with Gasteiger partial charge in [0.25, 0.3) is 0 Å². The van der Waals surface area contributed by atoms with Crippen molar-refractivity contribution in [1.29, 1.82) is 0 Å². The summed E-state index contributed by atoms with van der Waals surface area (Å²) < 4.78 is 5.46. The summed E-state index contributed by atoms with van der Waals surface area (Å²) in [5, 5.41) is 3.58. The molecule has 2 heteroatoms. The van der Waals surface area contributed by atoms with E-state index in [9.17, 15) is 0 Å². The highest BCUT2D eigenvalue weighted by Gasteiger charge is 2.17. The predicted molar refractivity (Wildman–Crippen MR) is 65.1 cm³/mol. The number of hydrogen-bond acceptors (Lipinski definition) is 2. The van der Waals surface area contributed by atoms with Crippen molar-refractivity contribution >= 4 is 0 Å². The van der Waals surface area contributed by atoms with Gasteiger partial charge >= 0.3 is 0 Å². The van der Waals surface area contributed by atoms with Gasteiger partial charge < -0.3 is 10.1 Å². The van der Waals surface area contributed by atoms with Crippen LogP contribution in [0.5, 0.6) is 0 Å². The molecule has 2 atom stereocenters. The molecule has 0 bridgehead atoms. The zero-order valence-electron chi connectivity index (χ0n) is 10.0. The Morgan fingerprint density at radius 2 is 2.27 bits per heavy atom. The van der Waals surface area contributed by atoms with Crippen molar-refractivity contribution in [3.8, 4) is 0 Å². The third-order valence-corrected chi connectivity index (χ3v) is 3.08. The summed E-state index contributed by atoms with van der Waals surface area (Å²) in [4.78, 5) is 0. The largest absolute Gasteiger partial charge is 0.380 e. The van der Waals surface area contributed by atoms with E-state index in [1.165, 1.54) is 25.7 Å². The molecule has 1 saturated carbocycles.